The Labute approximate surface area is 178 Å². The van der Waals surface area contributed by atoms with Gasteiger partial charge in [-0.1, -0.05) is 6.07 Å². The molecule has 0 aromatic heterocycles. The van der Waals surface area contributed by atoms with Gasteiger partial charge >= 0.3 is 5.97 Å². The number of rotatable bonds is 5. The molecule has 2 aliphatic rings. The SMILES string of the molecule is O=C(COC(=O)c1ccc2c(c1)CCCC2)Nc1cc2c(cc1[N+](=O)[O-])OCCCO2. The van der Waals surface area contributed by atoms with Gasteiger partial charge in [-0.3, -0.25) is 14.9 Å². The summed E-state index contributed by atoms with van der Waals surface area (Å²) in [6.45, 7) is 0.215. The topological polar surface area (TPSA) is 117 Å². The predicted octanol–water partition coefficient (Wildman–Crippen LogP) is 3.43. The third-order valence-electron chi connectivity index (χ3n) is 5.26. The van der Waals surface area contributed by atoms with Crippen molar-refractivity contribution in [1.82, 2.24) is 0 Å². The number of ether oxygens (including phenoxy) is 3. The summed E-state index contributed by atoms with van der Waals surface area (Å²) in [6.07, 6.45) is 4.79. The lowest BCUT2D eigenvalue weighted by atomic mass is 9.90. The van der Waals surface area contributed by atoms with E-state index >= 15 is 0 Å². The quantitative estimate of drug-likeness (QED) is 0.442. The fourth-order valence-electron chi connectivity index (χ4n) is 3.71. The third kappa shape index (κ3) is 4.76. The molecule has 1 amide bonds. The van der Waals surface area contributed by atoms with Crippen LogP contribution in [0.5, 0.6) is 11.5 Å². The monoisotopic (exact) mass is 426 g/mol. The highest BCUT2D eigenvalue weighted by Crippen LogP contribution is 2.39. The highest BCUT2D eigenvalue weighted by molar-refractivity contribution is 5.97. The van der Waals surface area contributed by atoms with Crippen LogP contribution in [0.2, 0.25) is 0 Å². The number of hydrogen-bond acceptors (Lipinski definition) is 7. The molecule has 31 heavy (non-hydrogen) atoms. The number of anilines is 1. The van der Waals surface area contributed by atoms with Gasteiger partial charge in [-0.05, 0) is 48.9 Å². The largest absolute Gasteiger partial charge is 0.489 e. The molecule has 1 aliphatic heterocycles. The van der Waals surface area contributed by atoms with Crippen LogP contribution >= 0.6 is 0 Å². The summed E-state index contributed by atoms with van der Waals surface area (Å²) in [5.41, 5.74) is 2.37. The van der Waals surface area contributed by atoms with Crippen molar-refractivity contribution in [2.75, 3.05) is 25.1 Å². The molecule has 1 N–H and O–H groups in total. The van der Waals surface area contributed by atoms with Crippen LogP contribution in [0.3, 0.4) is 0 Å². The van der Waals surface area contributed by atoms with Gasteiger partial charge in [0.2, 0.25) is 0 Å². The summed E-state index contributed by atoms with van der Waals surface area (Å²) in [5.74, 6) is -0.744. The standard InChI is InChI=1S/C22H22N2O7/c25-21(13-31-22(26)16-7-6-14-4-1-2-5-15(14)10-16)23-17-11-19-20(12-18(17)24(27)28)30-9-3-8-29-19/h6-7,10-12H,1-5,8-9,13H2,(H,23,25). The van der Waals surface area contributed by atoms with Crippen molar-refractivity contribution >= 4 is 23.3 Å². The Kier molecular flexibility index (Phi) is 6.01. The number of nitro benzene ring substituents is 1. The number of benzene rings is 2. The molecule has 2 aromatic carbocycles. The van der Waals surface area contributed by atoms with E-state index in [1.54, 1.807) is 6.07 Å². The van der Waals surface area contributed by atoms with Crippen molar-refractivity contribution in [2.45, 2.75) is 32.1 Å². The molecule has 0 fully saturated rings. The van der Waals surface area contributed by atoms with Crippen LogP contribution in [-0.4, -0.2) is 36.6 Å². The van der Waals surface area contributed by atoms with Crippen LogP contribution in [0.15, 0.2) is 30.3 Å². The van der Waals surface area contributed by atoms with E-state index in [1.165, 1.54) is 17.7 Å². The molecule has 0 spiro atoms. The minimum absolute atomic E-state index is 0.0518. The lowest BCUT2D eigenvalue weighted by molar-refractivity contribution is -0.384. The van der Waals surface area contributed by atoms with Gasteiger partial charge in [0.15, 0.2) is 18.1 Å². The molecule has 2 aromatic rings. The smallest absolute Gasteiger partial charge is 0.338 e. The molecule has 0 saturated carbocycles. The minimum atomic E-state index is -0.691. The van der Waals surface area contributed by atoms with Crippen molar-refractivity contribution in [3.05, 3.63) is 57.1 Å². The number of esters is 1. The third-order valence-corrected chi connectivity index (χ3v) is 5.26. The zero-order chi connectivity index (χ0) is 21.8. The molecule has 1 aliphatic carbocycles. The van der Waals surface area contributed by atoms with Crippen LogP contribution in [0.25, 0.3) is 0 Å². The van der Waals surface area contributed by atoms with E-state index in [0.29, 0.717) is 30.9 Å². The van der Waals surface area contributed by atoms with Gasteiger partial charge in [0.1, 0.15) is 5.69 Å². The number of carbonyl (C=O) groups is 2. The Balaban J connectivity index is 1.42. The number of nitrogens with one attached hydrogen (secondary N) is 1. The molecule has 9 heteroatoms. The van der Waals surface area contributed by atoms with Gasteiger partial charge < -0.3 is 19.5 Å². The van der Waals surface area contributed by atoms with Crippen LogP contribution in [0.4, 0.5) is 11.4 Å². The number of nitrogens with zero attached hydrogens (tertiary/aromatic N) is 1. The lowest BCUT2D eigenvalue weighted by Crippen LogP contribution is -2.21. The highest BCUT2D eigenvalue weighted by Gasteiger charge is 2.23. The molecule has 1 heterocycles. The summed E-state index contributed by atoms with van der Waals surface area (Å²) in [6, 6.07) is 7.99. The number of nitro groups is 1. The molecule has 162 valence electrons. The van der Waals surface area contributed by atoms with E-state index in [9.17, 15) is 19.7 Å². The van der Waals surface area contributed by atoms with Crippen molar-refractivity contribution in [3.63, 3.8) is 0 Å². The van der Waals surface area contributed by atoms with Gasteiger partial charge in [0.05, 0.1) is 29.8 Å². The Hall–Kier alpha value is -3.62. The van der Waals surface area contributed by atoms with E-state index in [-0.39, 0.29) is 17.1 Å². The first-order valence-electron chi connectivity index (χ1n) is 10.2. The highest BCUT2D eigenvalue weighted by atomic mass is 16.6. The van der Waals surface area contributed by atoms with Crippen molar-refractivity contribution in [1.29, 1.82) is 0 Å². The number of amides is 1. The van der Waals surface area contributed by atoms with Crippen molar-refractivity contribution < 1.29 is 28.7 Å². The molecule has 9 nitrogen and oxygen atoms in total. The zero-order valence-corrected chi connectivity index (χ0v) is 16.8. The van der Waals surface area contributed by atoms with Gasteiger partial charge in [0.25, 0.3) is 11.6 Å². The average molecular weight is 426 g/mol. The minimum Gasteiger partial charge on any atom is -0.489 e. The van der Waals surface area contributed by atoms with E-state index in [2.05, 4.69) is 5.32 Å². The number of aryl methyl sites for hydroxylation is 2. The number of carbonyl (C=O) groups excluding carboxylic acids is 2. The fourth-order valence-corrected chi connectivity index (χ4v) is 3.71. The summed E-state index contributed by atoms with van der Waals surface area (Å²) in [5, 5.41) is 13.8. The zero-order valence-electron chi connectivity index (χ0n) is 16.8. The first-order valence-corrected chi connectivity index (χ1v) is 10.2. The van der Waals surface area contributed by atoms with Crippen LogP contribution in [0, 0.1) is 10.1 Å². The second-order valence-electron chi connectivity index (χ2n) is 7.44. The molecule has 0 saturated heterocycles. The Morgan fingerprint density at radius 2 is 1.71 bits per heavy atom. The summed E-state index contributed by atoms with van der Waals surface area (Å²) in [4.78, 5) is 35.4. The maximum absolute atomic E-state index is 12.3. The Morgan fingerprint density at radius 1 is 1.00 bits per heavy atom. The molecule has 0 atom stereocenters. The van der Waals surface area contributed by atoms with E-state index in [0.717, 1.165) is 31.2 Å². The van der Waals surface area contributed by atoms with Crippen molar-refractivity contribution in [2.24, 2.45) is 0 Å². The van der Waals surface area contributed by atoms with Crippen LogP contribution in [-0.2, 0) is 22.4 Å². The average Bonchev–Trinajstić information content (AvgIpc) is 3.01. The molecule has 4 rings (SSSR count). The second-order valence-corrected chi connectivity index (χ2v) is 7.44. The maximum atomic E-state index is 12.3. The van der Waals surface area contributed by atoms with Gasteiger partial charge in [-0.2, -0.15) is 0 Å². The van der Waals surface area contributed by atoms with Crippen molar-refractivity contribution in [3.8, 4) is 11.5 Å². The molecular weight excluding hydrogens is 404 g/mol. The van der Waals surface area contributed by atoms with E-state index in [4.69, 9.17) is 14.2 Å². The van der Waals surface area contributed by atoms with Gasteiger partial charge in [-0.15, -0.1) is 0 Å². The summed E-state index contributed by atoms with van der Waals surface area (Å²) >= 11 is 0. The lowest BCUT2D eigenvalue weighted by Gasteiger charge is -2.16. The molecule has 0 bridgehead atoms. The summed E-state index contributed by atoms with van der Waals surface area (Å²) in [7, 11) is 0. The normalized spacial score (nSPS) is 14.7. The first-order chi connectivity index (χ1) is 15.0. The van der Waals surface area contributed by atoms with Gasteiger partial charge in [-0.25, -0.2) is 4.79 Å². The predicted molar refractivity (Wildman–Crippen MR) is 111 cm³/mol. The Morgan fingerprint density at radius 3 is 2.45 bits per heavy atom. The Bertz CT molecular complexity index is 1030. The molecule has 0 unspecified atom stereocenters. The summed E-state index contributed by atoms with van der Waals surface area (Å²) < 4.78 is 16.1. The van der Waals surface area contributed by atoms with Crippen LogP contribution < -0.4 is 14.8 Å². The van der Waals surface area contributed by atoms with Crippen LogP contribution in [0.1, 0.15) is 40.7 Å². The molecular formula is C22H22N2O7. The fraction of sp³-hybridized carbons (Fsp3) is 0.364. The van der Waals surface area contributed by atoms with E-state index < -0.39 is 23.4 Å². The molecule has 0 radical (unpaired) electrons. The maximum Gasteiger partial charge on any atom is 0.338 e. The first kappa shape index (κ1) is 20.6. The number of hydrogen-bond donors (Lipinski definition) is 1. The number of fused-ring (bicyclic) bond motifs is 2. The second kappa shape index (κ2) is 9.03. The van der Waals surface area contributed by atoms with Gasteiger partial charge in [0, 0.05) is 12.5 Å². The van der Waals surface area contributed by atoms with E-state index in [1.807, 2.05) is 12.1 Å².